The summed E-state index contributed by atoms with van der Waals surface area (Å²) in [5.41, 5.74) is 5.39. The molecule has 0 radical (unpaired) electrons. The van der Waals surface area contributed by atoms with Crippen molar-refractivity contribution in [2.45, 2.75) is 50.5 Å². The van der Waals surface area contributed by atoms with Crippen LogP contribution in [0.15, 0.2) is 83.4 Å². The maximum atomic E-state index is 15.6. The number of allylic oxidation sites excluding steroid dienone is 1. The van der Waals surface area contributed by atoms with E-state index in [4.69, 9.17) is 30.8 Å². The van der Waals surface area contributed by atoms with Gasteiger partial charge < -0.3 is 34.3 Å². The molecule has 2 aromatic heterocycles. The number of amides is 1. The highest BCUT2D eigenvalue weighted by atomic mass is 35.5. The lowest BCUT2D eigenvalue weighted by atomic mass is 9.72. The van der Waals surface area contributed by atoms with Gasteiger partial charge in [-0.25, -0.2) is 17.5 Å². The third kappa shape index (κ3) is 9.83. The number of hydrogen-bond acceptors (Lipinski definition) is 13. The van der Waals surface area contributed by atoms with Gasteiger partial charge in [0, 0.05) is 74.2 Å². The molecule has 66 heavy (non-hydrogen) atoms. The molecule has 19 heteroatoms. The number of benzene rings is 3. The number of pyridine rings is 1. The molecule has 5 heterocycles. The molecule has 3 aromatic carbocycles. The van der Waals surface area contributed by atoms with Crippen molar-refractivity contribution in [3.63, 3.8) is 0 Å². The number of aromatic amines is 1. The number of fused-ring (bicyclic) bond motifs is 2. The Kier molecular flexibility index (Phi) is 12.9. The minimum absolute atomic E-state index is 0.00725. The monoisotopic (exact) mass is 942 g/mol. The Morgan fingerprint density at radius 2 is 1.82 bits per heavy atom. The number of nitrogens with one attached hydrogen (secondary N) is 3. The van der Waals surface area contributed by atoms with E-state index < -0.39 is 49.0 Å². The number of carbonyl (C=O) groups excluding carboxylic acids is 1. The van der Waals surface area contributed by atoms with Crippen LogP contribution < -0.4 is 24.6 Å². The topological polar surface area (TPSA) is 185 Å². The Morgan fingerprint density at radius 3 is 2.58 bits per heavy atom. The first kappa shape index (κ1) is 45.4. The van der Waals surface area contributed by atoms with Crippen molar-refractivity contribution in [2.75, 3.05) is 87.4 Å². The van der Waals surface area contributed by atoms with Crippen molar-refractivity contribution in [2.24, 2.45) is 5.41 Å². The number of rotatable bonds is 12. The van der Waals surface area contributed by atoms with E-state index in [9.17, 15) is 23.3 Å². The second kappa shape index (κ2) is 18.8. The van der Waals surface area contributed by atoms with Crippen molar-refractivity contribution in [1.82, 2.24) is 19.6 Å². The maximum absolute atomic E-state index is 15.6. The van der Waals surface area contributed by atoms with Crippen molar-refractivity contribution >= 4 is 72.6 Å². The van der Waals surface area contributed by atoms with Crippen LogP contribution in [0.4, 0.5) is 32.8 Å². The molecule has 348 valence electrons. The molecule has 0 spiro atoms. The number of anilines is 4. The summed E-state index contributed by atoms with van der Waals surface area (Å²) in [5.74, 6) is -1.85. The molecule has 0 bridgehead atoms. The van der Waals surface area contributed by atoms with Crippen molar-refractivity contribution in [3.8, 4) is 5.88 Å². The largest absolute Gasteiger partial charge is 0.476 e. The lowest BCUT2D eigenvalue weighted by Crippen LogP contribution is -2.47. The summed E-state index contributed by atoms with van der Waals surface area (Å²) in [6, 6.07) is 18.6. The van der Waals surface area contributed by atoms with Gasteiger partial charge in [0.1, 0.15) is 17.0 Å². The number of ether oxygens (including phenoxy) is 3. The number of nitro groups is 1. The summed E-state index contributed by atoms with van der Waals surface area (Å²) in [7, 11) is -4.86. The van der Waals surface area contributed by atoms with Crippen LogP contribution in [0.3, 0.4) is 0 Å². The van der Waals surface area contributed by atoms with Gasteiger partial charge in [-0.05, 0) is 90.8 Å². The van der Waals surface area contributed by atoms with E-state index in [1.807, 2.05) is 35.2 Å². The smallest absolute Gasteiger partial charge is 0.296 e. The third-order valence-electron chi connectivity index (χ3n) is 12.8. The summed E-state index contributed by atoms with van der Waals surface area (Å²) >= 11 is 6.26. The molecule has 5 aromatic rings. The van der Waals surface area contributed by atoms with Crippen LogP contribution in [-0.2, 0) is 19.5 Å². The van der Waals surface area contributed by atoms with Crippen LogP contribution in [0.25, 0.3) is 16.6 Å². The average molecular weight is 943 g/mol. The average Bonchev–Trinajstić information content (AvgIpc) is 3.66. The number of hydrogen-bond donors (Lipinski definition) is 3. The van der Waals surface area contributed by atoms with Gasteiger partial charge in [0.2, 0.25) is 5.88 Å². The Hall–Kier alpha value is -5.79. The van der Waals surface area contributed by atoms with Crippen molar-refractivity contribution < 1.29 is 36.7 Å². The summed E-state index contributed by atoms with van der Waals surface area (Å²) in [5, 5.41) is 16.3. The molecule has 2 fully saturated rings. The number of aromatic nitrogens is 2. The van der Waals surface area contributed by atoms with Gasteiger partial charge in [-0.3, -0.25) is 19.8 Å². The van der Waals surface area contributed by atoms with Crippen LogP contribution in [0.2, 0.25) is 5.02 Å². The van der Waals surface area contributed by atoms with Gasteiger partial charge >= 0.3 is 0 Å². The number of sulfonamides is 1. The quantitative estimate of drug-likeness (QED) is 0.0811. The Bertz CT molecular complexity index is 2790. The zero-order valence-electron chi connectivity index (χ0n) is 36.8. The fourth-order valence-electron chi connectivity index (χ4n) is 9.19. The second-order valence-corrected chi connectivity index (χ2v) is 20.0. The Morgan fingerprint density at radius 1 is 1.02 bits per heavy atom. The zero-order valence-corrected chi connectivity index (χ0v) is 38.4. The number of nitrogens with zero attached hydrogens (tertiary/aromatic N) is 5. The molecule has 16 nitrogen and oxygen atoms in total. The molecule has 0 unspecified atom stereocenters. The molecular weight excluding hydrogens is 891 g/mol. The minimum atomic E-state index is -4.86. The first-order chi connectivity index (χ1) is 31.7. The first-order valence-electron chi connectivity index (χ1n) is 22.2. The predicted molar refractivity (Wildman–Crippen MR) is 251 cm³/mol. The first-order valence-corrected chi connectivity index (χ1v) is 24.0. The highest BCUT2D eigenvalue weighted by molar-refractivity contribution is 7.90. The second-order valence-electron chi connectivity index (χ2n) is 17.9. The SMILES string of the molecule is CC1(C)CCC(CN2CCN(c3ccc(C(=O)NS(=O)(=O)c4cc(F)c(NC[C@@H]5COCCO5)c([N+](=O)[O-])c4)c(N4CCCOc5nc6[nH]ccc6cc54)c3)CC2)=C(c2ccc(Cl)cc2)C1. The standard InChI is InChI=1S/C47H52ClFN8O8S/c1-47(2)12-10-32(38(26-47)30-4-6-33(48)7-5-30)28-54-15-17-55(18-16-54)34-8-9-37(40(23-34)56-14-3-19-65-46-42(56)22-31-11-13-50-44(31)52-46)45(58)53-66(61,62)36-24-39(49)43(41(25-36)57(59)60)51-27-35-29-63-20-21-64-35/h4-9,11,13,22-25,35,51H,3,10,12,14-21,26-29H2,1-2H3,(H,50,52)(H,53,58)/t35-/m1/s1. The van der Waals surface area contributed by atoms with Crippen molar-refractivity contribution in [1.29, 1.82) is 0 Å². The molecule has 2 saturated heterocycles. The Labute approximate surface area is 387 Å². The van der Waals surface area contributed by atoms with E-state index in [2.05, 4.69) is 50.8 Å². The highest BCUT2D eigenvalue weighted by Gasteiger charge is 2.33. The molecule has 4 aliphatic rings. The molecule has 1 atom stereocenters. The van der Waals surface area contributed by atoms with E-state index in [0.717, 1.165) is 56.0 Å². The van der Waals surface area contributed by atoms with E-state index >= 15 is 4.39 Å². The third-order valence-corrected chi connectivity index (χ3v) is 14.3. The number of carbonyl (C=O) groups is 1. The van der Waals surface area contributed by atoms with Gasteiger partial charge in [-0.1, -0.05) is 43.2 Å². The molecule has 1 aliphatic carbocycles. The van der Waals surface area contributed by atoms with Crippen LogP contribution in [0, 0.1) is 21.3 Å². The normalized spacial score (nSPS) is 19.2. The fourth-order valence-corrected chi connectivity index (χ4v) is 10.3. The molecule has 0 saturated carbocycles. The van der Waals surface area contributed by atoms with Gasteiger partial charge in [-0.15, -0.1) is 0 Å². The number of H-pyrrole nitrogens is 1. The summed E-state index contributed by atoms with van der Waals surface area (Å²) < 4.78 is 62.5. The summed E-state index contributed by atoms with van der Waals surface area (Å²) in [4.78, 5) is 39.3. The van der Waals surface area contributed by atoms with Crippen molar-refractivity contribution in [3.05, 3.63) is 111 Å². The minimum Gasteiger partial charge on any atom is -0.476 e. The van der Waals surface area contributed by atoms with E-state index in [1.54, 1.807) is 18.3 Å². The van der Waals surface area contributed by atoms with Crippen LogP contribution >= 0.6 is 11.6 Å². The summed E-state index contributed by atoms with van der Waals surface area (Å²) in [6.07, 6.45) is 4.97. The van der Waals surface area contributed by atoms with Gasteiger partial charge in [0.05, 0.1) is 53.6 Å². The molecule has 3 N–H and O–H groups in total. The lowest BCUT2D eigenvalue weighted by molar-refractivity contribution is -0.384. The predicted octanol–water partition coefficient (Wildman–Crippen LogP) is 7.92. The lowest BCUT2D eigenvalue weighted by Gasteiger charge is -2.39. The molecule has 3 aliphatic heterocycles. The number of nitro benzene ring substituents is 1. The van der Waals surface area contributed by atoms with Gasteiger partial charge in [0.15, 0.2) is 5.82 Å². The Balaban J connectivity index is 0.996. The summed E-state index contributed by atoms with van der Waals surface area (Å²) in [6.45, 7) is 10.2. The van der Waals surface area contributed by atoms with E-state index in [0.29, 0.717) is 79.9 Å². The van der Waals surface area contributed by atoms with Crippen LogP contribution in [0.5, 0.6) is 5.88 Å². The zero-order chi connectivity index (χ0) is 46.2. The van der Waals surface area contributed by atoms with Gasteiger partial charge in [0.25, 0.3) is 21.6 Å². The fraction of sp³-hybridized carbons (Fsp3) is 0.404. The number of piperazine rings is 1. The van der Waals surface area contributed by atoms with Crippen LogP contribution in [0.1, 0.15) is 55.5 Å². The molecule has 1 amide bonds. The molecular formula is C47H52ClFN8O8S. The van der Waals surface area contributed by atoms with Gasteiger partial charge in [-0.2, -0.15) is 4.98 Å². The number of halogens is 2. The maximum Gasteiger partial charge on any atom is 0.296 e. The van der Waals surface area contributed by atoms with E-state index in [1.165, 1.54) is 16.7 Å². The van der Waals surface area contributed by atoms with Crippen LogP contribution in [-0.4, -0.2) is 112 Å². The highest BCUT2D eigenvalue weighted by Crippen LogP contribution is 2.44. The molecule has 9 rings (SSSR count). The van der Waals surface area contributed by atoms with E-state index in [-0.39, 0.29) is 24.1 Å².